The molecule has 3 heterocycles. The van der Waals surface area contributed by atoms with Gasteiger partial charge in [0.05, 0.1) is 34.2 Å². The van der Waals surface area contributed by atoms with Gasteiger partial charge < -0.3 is 15.0 Å². The molecule has 0 aliphatic heterocycles. The predicted molar refractivity (Wildman–Crippen MR) is 123 cm³/mol. The summed E-state index contributed by atoms with van der Waals surface area (Å²) >= 11 is 6.53. The van der Waals surface area contributed by atoms with E-state index in [1.165, 1.54) is 43.6 Å². The van der Waals surface area contributed by atoms with Gasteiger partial charge in [-0.25, -0.2) is 32.3 Å². The number of anilines is 1. The van der Waals surface area contributed by atoms with Gasteiger partial charge in [0.15, 0.2) is 0 Å². The van der Waals surface area contributed by atoms with Crippen LogP contribution in [0, 0.1) is 0 Å². The molecule has 0 bridgehead atoms. The van der Waals surface area contributed by atoms with E-state index in [4.69, 9.17) is 16.3 Å². The van der Waals surface area contributed by atoms with Crippen LogP contribution in [-0.4, -0.2) is 36.1 Å². The first-order chi connectivity index (χ1) is 15.7. The van der Waals surface area contributed by atoms with E-state index in [2.05, 4.69) is 15.3 Å². The molecule has 0 atom stereocenters. The molecule has 0 saturated carbocycles. The van der Waals surface area contributed by atoms with Crippen molar-refractivity contribution in [3.63, 3.8) is 0 Å². The van der Waals surface area contributed by atoms with Crippen molar-refractivity contribution in [1.29, 1.82) is 0 Å². The number of aromatic amines is 1. The van der Waals surface area contributed by atoms with Crippen LogP contribution in [0.3, 0.4) is 0 Å². The van der Waals surface area contributed by atoms with E-state index in [1.54, 1.807) is 12.1 Å². The van der Waals surface area contributed by atoms with Crippen molar-refractivity contribution in [1.82, 2.24) is 19.3 Å². The van der Waals surface area contributed by atoms with Gasteiger partial charge >= 0.3 is 11.7 Å². The summed E-state index contributed by atoms with van der Waals surface area (Å²) in [6, 6.07) is 8.98. The number of nitrogens with one attached hydrogen (secondary N) is 3. The number of nitrogens with zero attached hydrogens (tertiary/aromatic N) is 2. The Labute approximate surface area is 194 Å². The molecule has 14 heteroatoms. The Hall–Kier alpha value is -3.68. The number of thiophene rings is 1. The smallest absolute Gasteiger partial charge is 0.334 e. The van der Waals surface area contributed by atoms with E-state index < -0.39 is 27.3 Å². The Morgan fingerprint density at radius 1 is 1.18 bits per heavy atom. The van der Waals surface area contributed by atoms with Gasteiger partial charge in [-0.15, -0.1) is 11.3 Å². The molecule has 1 aromatic carbocycles. The largest absolute Gasteiger partial charge is 0.497 e. The van der Waals surface area contributed by atoms with Gasteiger partial charge in [-0.3, -0.25) is 4.79 Å². The second-order valence-electron chi connectivity index (χ2n) is 6.51. The first-order valence-electron chi connectivity index (χ1n) is 9.06. The van der Waals surface area contributed by atoms with Crippen molar-refractivity contribution in [2.45, 2.75) is 4.21 Å². The molecule has 0 unspecified atom stereocenters. The fourth-order valence-corrected chi connectivity index (χ4v) is 5.28. The fraction of sp³-hybridized carbons (Fsp3) is 0.0526. The van der Waals surface area contributed by atoms with Crippen molar-refractivity contribution in [3.05, 3.63) is 73.8 Å². The average Bonchev–Trinajstić information content (AvgIpc) is 3.22. The van der Waals surface area contributed by atoms with Gasteiger partial charge in [0, 0.05) is 0 Å². The zero-order valence-electron chi connectivity index (χ0n) is 16.7. The Kier molecular flexibility index (Phi) is 5.93. The standard InChI is InChI=1S/C19H14ClN5O6S2/c1-31-11-3-4-13-12(8-11)17(26)25(19(28)23-13)15-6-2-10(9-21-15)22-18(27)24-33(29,30)16-7-5-14(20)32-16/h2-9H,1H3,(H,23,28)(H2,22,24,27). The monoisotopic (exact) mass is 507 g/mol. The topological polar surface area (TPSA) is 152 Å². The summed E-state index contributed by atoms with van der Waals surface area (Å²) in [5.41, 5.74) is -0.850. The third-order valence-electron chi connectivity index (χ3n) is 4.38. The molecule has 0 spiro atoms. The highest BCUT2D eigenvalue weighted by molar-refractivity contribution is 7.92. The second kappa shape index (κ2) is 8.69. The molecular formula is C19H14ClN5O6S2. The number of H-pyrrole nitrogens is 1. The van der Waals surface area contributed by atoms with Crippen LogP contribution in [0.15, 0.2) is 62.5 Å². The first-order valence-corrected chi connectivity index (χ1v) is 11.7. The van der Waals surface area contributed by atoms with Gasteiger partial charge in [-0.1, -0.05) is 11.6 Å². The summed E-state index contributed by atoms with van der Waals surface area (Å²) in [4.78, 5) is 44.0. The number of carbonyl (C=O) groups excluding carboxylic acids is 1. The minimum Gasteiger partial charge on any atom is -0.497 e. The third-order valence-corrected chi connectivity index (χ3v) is 7.43. The number of methoxy groups -OCH3 is 1. The fourth-order valence-electron chi connectivity index (χ4n) is 2.89. The molecule has 0 saturated heterocycles. The molecule has 3 N–H and O–H groups in total. The second-order valence-corrected chi connectivity index (χ2v) is 10.1. The van der Waals surface area contributed by atoms with Gasteiger partial charge in [0.1, 0.15) is 15.8 Å². The van der Waals surface area contributed by atoms with Crippen LogP contribution < -0.4 is 26.0 Å². The van der Waals surface area contributed by atoms with Crippen molar-refractivity contribution < 1.29 is 17.9 Å². The van der Waals surface area contributed by atoms with Crippen LogP contribution in [0.1, 0.15) is 0 Å². The molecule has 170 valence electrons. The Bertz CT molecular complexity index is 1590. The number of ether oxygens (including phenoxy) is 1. The summed E-state index contributed by atoms with van der Waals surface area (Å²) in [6.07, 6.45) is 1.17. The number of pyridine rings is 1. The lowest BCUT2D eigenvalue weighted by Gasteiger charge is -2.09. The highest BCUT2D eigenvalue weighted by Gasteiger charge is 2.20. The molecule has 0 radical (unpaired) electrons. The van der Waals surface area contributed by atoms with E-state index in [1.807, 2.05) is 4.72 Å². The van der Waals surface area contributed by atoms with E-state index in [-0.39, 0.29) is 25.4 Å². The Morgan fingerprint density at radius 2 is 1.97 bits per heavy atom. The number of urea groups is 1. The summed E-state index contributed by atoms with van der Waals surface area (Å²) in [6.45, 7) is 0. The summed E-state index contributed by atoms with van der Waals surface area (Å²) in [5.74, 6) is 0.439. The molecule has 0 aliphatic carbocycles. The predicted octanol–water partition coefficient (Wildman–Crippen LogP) is 2.31. The molecule has 3 aromatic heterocycles. The number of fused-ring (bicyclic) bond motifs is 1. The van der Waals surface area contributed by atoms with Crippen LogP contribution in [0.4, 0.5) is 10.5 Å². The van der Waals surface area contributed by atoms with E-state index in [0.717, 1.165) is 15.9 Å². The van der Waals surface area contributed by atoms with Crippen molar-refractivity contribution in [3.8, 4) is 11.6 Å². The minimum absolute atomic E-state index is 0.00206. The number of hydrogen-bond donors (Lipinski definition) is 3. The minimum atomic E-state index is -4.10. The zero-order valence-corrected chi connectivity index (χ0v) is 19.0. The van der Waals surface area contributed by atoms with Gasteiger partial charge in [0.2, 0.25) is 0 Å². The number of aromatic nitrogens is 3. The third kappa shape index (κ3) is 4.60. The van der Waals surface area contributed by atoms with Crippen molar-refractivity contribution >= 4 is 55.6 Å². The molecule has 33 heavy (non-hydrogen) atoms. The molecule has 0 aliphatic rings. The maximum absolute atomic E-state index is 12.9. The number of sulfonamides is 1. The number of hydrogen-bond acceptors (Lipinski definition) is 8. The first kappa shape index (κ1) is 22.5. The van der Waals surface area contributed by atoms with Crippen LogP contribution in [0.2, 0.25) is 4.34 Å². The Balaban J connectivity index is 1.57. The van der Waals surface area contributed by atoms with Crippen molar-refractivity contribution in [2.24, 2.45) is 0 Å². The molecule has 11 nitrogen and oxygen atoms in total. The summed E-state index contributed by atoms with van der Waals surface area (Å²) in [7, 11) is -2.64. The van der Waals surface area contributed by atoms with Crippen LogP contribution in [-0.2, 0) is 10.0 Å². The SMILES string of the molecule is COc1ccc2[nH]c(=O)n(-c3ccc(NC(=O)NS(=O)(=O)c4ccc(Cl)s4)cn3)c(=O)c2c1. The zero-order chi connectivity index (χ0) is 23.8. The molecule has 2 amide bonds. The quantitative estimate of drug-likeness (QED) is 0.374. The van der Waals surface area contributed by atoms with E-state index in [9.17, 15) is 22.8 Å². The highest BCUT2D eigenvalue weighted by atomic mass is 35.5. The number of benzene rings is 1. The van der Waals surface area contributed by atoms with Crippen LogP contribution in [0.25, 0.3) is 16.7 Å². The normalized spacial score (nSPS) is 11.3. The molecular weight excluding hydrogens is 494 g/mol. The van der Waals surface area contributed by atoms with Crippen molar-refractivity contribution in [2.75, 3.05) is 12.4 Å². The number of amides is 2. The summed E-state index contributed by atoms with van der Waals surface area (Å²) in [5, 5.41) is 2.54. The maximum Gasteiger partial charge on any atom is 0.334 e. The van der Waals surface area contributed by atoms with Gasteiger partial charge in [-0.2, -0.15) is 0 Å². The lowest BCUT2D eigenvalue weighted by Crippen LogP contribution is -2.35. The molecule has 4 aromatic rings. The van der Waals surface area contributed by atoms with Crippen LogP contribution in [0.5, 0.6) is 5.75 Å². The summed E-state index contributed by atoms with van der Waals surface area (Å²) < 4.78 is 32.3. The average molecular weight is 508 g/mol. The highest BCUT2D eigenvalue weighted by Crippen LogP contribution is 2.25. The molecule has 0 fully saturated rings. The van der Waals surface area contributed by atoms with Gasteiger partial charge in [-0.05, 0) is 42.5 Å². The van der Waals surface area contributed by atoms with Gasteiger partial charge in [0.25, 0.3) is 15.6 Å². The Morgan fingerprint density at radius 3 is 2.61 bits per heavy atom. The number of rotatable bonds is 5. The molecule has 4 rings (SSSR count). The number of halogens is 1. The van der Waals surface area contributed by atoms with Crippen LogP contribution >= 0.6 is 22.9 Å². The lowest BCUT2D eigenvalue weighted by molar-refractivity contribution is 0.256. The van der Waals surface area contributed by atoms with E-state index >= 15 is 0 Å². The van der Waals surface area contributed by atoms with E-state index in [0.29, 0.717) is 11.3 Å². The number of carbonyl (C=O) groups is 1. The lowest BCUT2D eigenvalue weighted by atomic mass is 10.2. The maximum atomic E-state index is 12.9.